The molecule has 1 aromatic heterocycles. The van der Waals surface area contributed by atoms with Gasteiger partial charge in [-0.15, -0.1) is 10.2 Å². The Bertz CT molecular complexity index is 1120. The molecule has 1 N–H and O–H groups in total. The Balaban J connectivity index is 1.35. The summed E-state index contributed by atoms with van der Waals surface area (Å²) in [5, 5.41) is 12.1. The van der Waals surface area contributed by atoms with Crippen LogP contribution < -0.4 is 19.7 Å². The van der Waals surface area contributed by atoms with Gasteiger partial charge in [-0.3, -0.25) is 9.36 Å². The second-order valence-corrected chi connectivity index (χ2v) is 8.97. The van der Waals surface area contributed by atoms with Crippen LogP contribution in [0.1, 0.15) is 6.92 Å². The monoisotopic (exact) mass is 467 g/mol. The van der Waals surface area contributed by atoms with E-state index in [-0.39, 0.29) is 5.91 Å². The first-order valence-electron chi connectivity index (χ1n) is 10.9. The molecule has 1 saturated heterocycles. The molecule has 2 aliphatic rings. The van der Waals surface area contributed by atoms with Crippen LogP contribution in [0.3, 0.4) is 0 Å². The van der Waals surface area contributed by atoms with E-state index >= 15 is 0 Å². The van der Waals surface area contributed by atoms with Gasteiger partial charge in [0, 0.05) is 24.8 Å². The van der Waals surface area contributed by atoms with E-state index in [0.717, 1.165) is 24.7 Å². The van der Waals surface area contributed by atoms with Crippen molar-refractivity contribution in [2.45, 2.75) is 17.3 Å². The molecule has 172 valence electrons. The lowest BCUT2D eigenvalue weighted by atomic mass is 10.2. The summed E-state index contributed by atoms with van der Waals surface area (Å²) in [6.07, 6.45) is 0. The predicted molar refractivity (Wildman–Crippen MR) is 126 cm³/mol. The van der Waals surface area contributed by atoms with Crippen LogP contribution in [0, 0.1) is 0 Å². The highest BCUT2D eigenvalue weighted by molar-refractivity contribution is 8.00. The fraction of sp³-hybridized carbons (Fsp3) is 0.348. The zero-order valence-corrected chi connectivity index (χ0v) is 19.1. The number of thioether (sulfide) groups is 1. The third-order valence-electron chi connectivity index (χ3n) is 5.39. The van der Waals surface area contributed by atoms with Gasteiger partial charge in [-0.25, -0.2) is 0 Å². The maximum atomic E-state index is 13.0. The van der Waals surface area contributed by atoms with Gasteiger partial charge in [-0.05, 0) is 31.2 Å². The summed E-state index contributed by atoms with van der Waals surface area (Å²) in [4.78, 5) is 15.1. The van der Waals surface area contributed by atoms with Crippen LogP contribution in [0.2, 0.25) is 0 Å². The molecule has 3 heterocycles. The molecule has 0 bridgehead atoms. The number of carbonyl (C=O) groups excluding carboxylic acids is 1. The van der Waals surface area contributed by atoms with Crippen LogP contribution >= 0.6 is 11.8 Å². The second-order valence-electron chi connectivity index (χ2n) is 7.66. The molecule has 0 saturated carbocycles. The fourth-order valence-electron chi connectivity index (χ4n) is 3.69. The summed E-state index contributed by atoms with van der Waals surface area (Å²) in [5.41, 5.74) is 1.61. The van der Waals surface area contributed by atoms with Gasteiger partial charge in [0.15, 0.2) is 16.7 Å². The quantitative estimate of drug-likeness (QED) is 0.554. The van der Waals surface area contributed by atoms with Gasteiger partial charge in [0.2, 0.25) is 11.9 Å². The molecule has 3 aromatic rings. The summed E-state index contributed by atoms with van der Waals surface area (Å²) >= 11 is 1.37. The van der Waals surface area contributed by atoms with E-state index in [1.54, 1.807) is 6.07 Å². The van der Waals surface area contributed by atoms with Crippen molar-refractivity contribution >= 4 is 29.3 Å². The lowest BCUT2D eigenvalue weighted by molar-refractivity contribution is -0.115. The minimum absolute atomic E-state index is 0.132. The minimum atomic E-state index is -0.401. The number of hydrogen-bond acceptors (Lipinski definition) is 8. The third kappa shape index (κ3) is 4.76. The maximum absolute atomic E-state index is 13.0. The number of fused-ring (bicyclic) bond motifs is 1. The van der Waals surface area contributed by atoms with E-state index in [1.807, 2.05) is 54.0 Å². The zero-order chi connectivity index (χ0) is 22.6. The Morgan fingerprint density at radius 3 is 2.55 bits per heavy atom. The molecule has 10 heteroatoms. The first-order valence-corrected chi connectivity index (χ1v) is 11.8. The molecule has 0 spiro atoms. The van der Waals surface area contributed by atoms with Gasteiger partial charge < -0.3 is 24.4 Å². The highest BCUT2D eigenvalue weighted by Crippen LogP contribution is 2.34. The van der Waals surface area contributed by atoms with E-state index in [2.05, 4.69) is 20.4 Å². The lowest BCUT2D eigenvalue weighted by Crippen LogP contribution is -2.37. The Labute approximate surface area is 196 Å². The number of carbonyl (C=O) groups is 1. The van der Waals surface area contributed by atoms with E-state index in [9.17, 15) is 4.79 Å². The summed E-state index contributed by atoms with van der Waals surface area (Å²) in [7, 11) is 0. The number of morpholine rings is 1. The standard InChI is InChI=1S/C23H25N5O4S/c1-16(21(29)24-17-7-8-19-20(15-17)32-14-13-31-19)33-23-26-25-22(27-9-11-30-12-10-27)28(23)18-5-3-2-4-6-18/h2-8,15-16H,9-14H2,1H3,(H,24,29). The number of nitrogens with one attached hydrogen (secondary N) is 1. The van der Waals surface area contributed by atoms with Crippen molar-refractivity contribution in [1.29, 1.82) is 0 Å². The average molecular weight is 468 g/mol. The summed E-state index contributed by atoms with van der Waals surface area (Å²) in [6.45, 7) is 5.68. The molecule has 0 aliphatic carbocycles. The normalized spacial score (nSPS) is 16.3. The Morgan fingerprint density at radius 1 is 1.00 bits per heavy atom. The highest BCUT2D eigenvalue weighted by atomic mass is 32.2. The molecule has 5 rings (SSSR count). The first-order chi connectivity index (χ1) is 16.2. The second kappa shape index (κ2) is 9.72. The number of nitrogens with zero attached hydrogens (tertiary/aromatic N) is 4. The van der Waals surface area contributed by atoms with Gasteiger partial charge in [0.1, 0.15) is 13.2 Å². The first kappa shape index (κ1) is 21.6. The van der Waals surface area contributed by atoms with Crippen molar-refractivity contribution in [2.24, 2.45) is 0 Å². The predicted octanol–water partition coefficient (Wildman–Crippen LogP) is 2.99. The maximum Gasteiger partial charge on any atom is 0.237 e. The third-order valence-corrected chi connectivity index (χ3v) is 6.43. The van der Waals surface area contributed by atoms with Gasteiger partial charge in [-0.2, -0.15) is 0 Å². The van der Waals surface area contributed by atoms with Crippen molar-refractivity contribution < 1.29 is 19.0 Å². The van der Waals surface area contributed by atoms with Crippen LogP contribution in [0.4, 0.5) is 11.6 Å². The SMILES string of the molecule is CC(Sc1nnc(N2CCOCC2)n1-c1ccccc1)C(=O)Nc1ccc2c(c1)OCCO2. The summed E-state index contributed by atoms with van der Waals surface area (Å²) in [6, 6.07) is 15.4. The number of hydrogen-bond donors (Lipinski definition) is 1. The van der Waals surface area contributed by atoms with Gasteiger partial charge in [-0.1, -0.05) is 30.0 Å². The number of benzene rings is 2. The topological polar surface area (TPSA) is 90.7 Å². The molecule has 1 fully saturated rings. The summed E-state index contributed by atoms with van der Waals surface area (Å²) in [5.74, 6) is 1.95. The van der Waals surface area contributed by atoms with Crippen molar-refractivity contribution in [3.8, 4) is 17.2 Å². The van der Waals surface area contributed by atoms with Crippen LogP contribution in [0.15, 0.2) is 53.7 Å². The zero-order valence-electron chi connectivity index (χ0n) is 18.3. The number of ether oxygens (including phenoxy) is 3. The minimum Gasteiger partial charge on any atom is -0.486 e. The number of rotatable bonds is 6. The van der Waals surface area contributed by atoms with E-state index < -0.39 is 5.25 Å². The Hall–Kier alpha value is -3.24. The van der Waals surface area contributed by atoms with Crippen molar-refractivity contribution in [1.82, 2.24) is 14.8 Å². The molecule has 2 aromatic carbocycles. The molecular formula is C23H25N5O4S. The van der Waals surface area contributed by atoms with Crippen molar-refractivity contribution in [3.63, 3.8) is 0 Å². The largest absolute Gasteiger partial charge is 0.486 e. The number of anilines is 2. The number of aromatic nitrogens is 3. The van der Waals surface area contributed by atoms with Crippen LogP contribution in [-0.4, -0.2) is 65.4 Å². The molecule has 33 heavy (non-hydrogen) atoms. The van der Waals surface area contributed by atoms with Crippen molar-refractivity contribution in [3.05, 3.63) is 48.5 Å². The Kier molecular flexibility index (Phi) is 6.36. The van der Waals surface area contributed by atoms with Gasteiger partial charge in [0.05, 0.1) is 24.2 Å². The molecule has 1 atom stereocenters. The molecule has 1 amide bonds. The average Bonchev–Trinajstić information content (AvgIpc) is 3.28. The van der Waals surface area contributed by atoms with E-state index in [0.29, 0.717) is 48.8 Å². The van der Waals surface area contributed by atoms with E-state index in [1.165, 1.54) is 11.8 Å². The van der Waals surface area contributed by atoms with Crippen LogP contribution in [-0.2, 0) is 9.53 Å². The number of para-hydroxylation sites is 1. The van der Waals surface area contributed by atoms with E-state index in [4.69, 9.17) is 14.2 Å². The van der Waals surface area contributed by atoms with Gasteiger partial charge >= 0.3 is 0 Å². The van der Waals surface area contributed by atoms with Crippen LogP contribution in [0.5, 0.6) is 11.5 Å². The highest BCUT2D eigenvalue weighted by Gasteiger charge is 2.25. The lowest BCUT2D eigenvalue weighted by Gasteiger charge is -2.28. The number of amides is 1. The van der Waals surface area contributed by atoms with Crippen LogP contribution in [0.25, 0.3) is 5.69 Å². The molecule has 0 radical (unpaired) electrons. The molecule has 9 nitrogen and oxygen atoms in total. The summed E-state index contributed by atoms with van der Waals surface area (Å²) < 4.78 is 18.6. The fourth-order valence-corrected chi connectivity index (χ4v) is 4.55. The molecule has 2 aliphatic heterocycles. The Morgan fingerprint density at radius 2 is 1.76 bits per heavy atom. The molecule has 1 unspecified atom stereocenters. The molecular weight excluding hydrogens is 442 g/mol. The smallest absolute Gasteiger partial charge is 0.237 e. The van der Waals surface area contributed by atoms with Crippen molar-refractivity contribution in [2.75, 3.05) is 49.7 Å². The van der Waals surface area contributed by atoms with Gasteiger partial charge in [0.25, 0.3) is 0 Å².